The van der Waals surface area contributed by atoms with Gasteiger partial charge >= 0.3 is 5.97 Å². The minimum Gasteiger partial charge on any atom is -0.457 e. The van der Waals surface area contributed by atoms with Crippen LogP contribution in [0.1, 0.15) is 129 Å². The maximum atomic E-state index is 13.0. The molecule has 0 aromatic rings. The molecule has 0 bridgehead atoms. The maximum absolute atomic E-state index is 13.0. The average Bonchev–Trinajstić information content (AvgIpc) is 3.28. The first-order valence-electron chi connectivity index (χ1n) is 23.5. The number of esters is 1. The molecule has 7 N–H and O–H groups in total. The summed E-state index contributed by atoms with van der Waals surface area (Å²) in [5.74, 6) is -0.413. The fourth-order valence-corrected chi connectivity index (χ4v) is 6.85. The first-order valence-corrected chi connectivity index (χ1v) is 23.5. The Hall–Kier alpha value is -2.57. The Bertz CT molecular complexity index is 1310. The predicted octanol–water partition coefficient (Wildman–Crippen LogP) is 5.95. The molecule has 0 radical (unpaired) electrons. The van der Waals surface area contributed by atoms with Gasteiger partial charge in [0.15, 0.2) is 12.6 Å². The van der Waals surface area contributed by atoms with E-state index in [-0.39, 0.29) is 19.6 Å². The molecule has 0 amide bonds. The molecule has 2 saturated heterocycles. The smallest absolute Gasteiger partial charge is 0.306 e. The highest BCUT2D eigenvalue weighted by molar-refractivity contribution is 5.69. The summed E-state index contributed by atoms with van der Waals surface area (Å²) in [6, 6.07) is 0. The van der Waals surface area contributed by atoms with Gasteiger partial charge in [0.25, 0.3) is 0 Å². The Balaban J connectivity index is 1.84. The second-order valence-corrected chi connectivity index (χ2v) is 16.2. The van der Waals surface area contributed by atoms with Crippen LogP contribution in [0.5, 0.6) is 0 Å². The fraction of sp³-hybridized carbons (Fsp3) is 0.735. The van der Waals surface area contributed by atoms with Gasteiger partial charge in [-0.05, 0) is 77.0 Å². The van der Waals surface area contributed by atoms with Crippen LogP contribution < -0.4 is 0 Å². The molecule has 2 aliphatic heterocycles. The first kappa shape index (κ1) is 56.6. The molecule has 11 unspecified atom stereocenters. The van der Waals surface area contributed by atoms with Crippen molar-refractivity contribution >= 4 is 5.97 Å². The van der Waals surface area contributed by atoms with E-state index in [1.165, 1.54) is 19.3 Å². The van der Waals surface area contributed by atoms with Gasteiger partial charge in [-0.3, -0.25) is 4.79 Å². The van der Waals surface area contributed by atoms with E-state index in [1.54, 1.807) is 0 Å². The number of hydrogen-bond donors (Lipinski definition) is 7. The molecule has 63 heavy (non-hydrogen) atoms. The zero-order chi connectivity index (χ0) is 45.9. The van der Waals surface area contributed by atoms with Crippen molar-refractivity contribution in [1.29, 1.82) is 0 Å². The Morgan fingerprint density at radius 1 is 0.540 bits per heavy atom. The molecule has 2 fully saturated rings. The number of carbonyl (C=O) groups excluding carboxylic acids is 1. The predicted molar refractivity (Wildman–Crippen MR) is 242 cm³/mol. The second-order valence-electron chi connectivity index (χ2n) is 16.2. The molecule has 2 rings (SSSR count). The summed E-state index contributed by atoms with van der Waals surface area (Å²) in [6.45, 7) is 3.34. The molecule has 362 valence electrons. The SMILES string of the molecule is CC/C=C\C/C=C\C/C=C\C/C=C\CCCOCC(COC1OC(COC2OC(CO)C(O)C(O)C2O)C(O)C(O)C1O)OC(=O)CCCCCCC/C=C\C/C=C\CCCCC. The van der Waals surface area contributed by atoms with Crippen LogP contribution in [0.3, 0.4) is 0 Å². The molecule has 11 atom stereocenters. The van der Waals surface area contributed by atoms with E-state index in [9.17, 15) is 40.5 Å². The summed E-state index contributed by atoms with van der Waals surface area (Å²) in [6.07, 6.45) is 26.9. The van der Waals surface area contributed by atoms with Gasteiger partial charge in [0.05, 0.1) is 26.4 Å². The number of ether oxygens (including phenoxy) is 6. The van der Waals surface area contributed by atoms with E-state index in [0.717, 1.165) is 83.5 Å². The molecule has 14 heteroatoms. The number of allylic oxidation sites excluding steroid dienone is 12. The van der Waals surface area contributed by atoms with Crippen LogP contribution >= 0.6 is 0 Å². The molecule has 0 saturated carbocycles. The molecule has 14 nitrogen and oxygen atoms in total. The molecule has 0 aromatic heterocycles. The van der Waals surface area contributed by atoms with Crippen LogP contribution in [0.25, 0.3) is 0 Å². The summed E-state index contributed by atoms with van der Waals surface area (Å²) in [7, 11) is 0. The van der Waals surface area contributed by atoms with Crippen molar-refractivity contribution in [3.63, 3.8) is 0 Å². The van der Waals surface area contributed by atoms with Crippen molar-refractivity contribution in [2.24, 2.45) is 0 Å². The summed E-state index contributed by atoms with van der Waals surface area (Å²) < 4.78 is 34.1. The number of aliphatic hydroxyl groups excluding tert-OH is 7. The van der Waals surface area contributed by atoms with Crippen LogP contribution in [0.15, 0.2) is 72.9 Å². The number of unbranched alkanes of at least 4 members (excludes halogenated alkanes) is 9. The van der Waals surface area contributed by atoms with E-state index in [4.69, 9.17) is 28.4 Å². The zero-order valence-corrected chi connectivity index (χ0v) is 38.0. The van der Waals surface area contributed by atoms with Gasteiger partial charge in [-0.15, -0.1) is 0 Å². The molecular formula is C49H82O14. The topological polar surface area (TPSA) is 214 Å². The van der Waals surface area contributed by atoms with E-state index in [2.05, 4.69) is 86.8 Å². The summed E-state index contributed by atoms with van der Waals surface area (Å²) in [5, 5.41) is 72.0. The van der Waals surface area contributed by atoms with Gasteiger partial charge in [0.1, 0.15) is 54.9 Å². The average molecular weight is 895 g/mol. The van der Waals surface area contributed by atoms with E-state index >= 15 is 0 Å². The Labute approximate surface area is 377 Å². The quantitative estimate of drug-likeness (QED) is 0.0223. The molecule has 0 aromatic carbocycles. The van der Waals surface area contributed by atoms with Gasteiger partial charge < -0.3 is 64.2 Å². The Kier molecular flexibility index (Phi) is 32.9. The van der Waals surface area contributed by atoms with Gasteiger partial charge in [-0.1, -0.05) is 119 Å². The lowest BCUT2D eigenvalue weighted by atomic mass is 9.98. The van der Waals surface area contributed by atoms with Crippen molar-refractivity contribution in [1.82, 2.24) is 0 Å². The van der Waals surface area contributed by atoms with E-state index in [1.807, 2.05) is 0 Å². The molecule has 2 aliphatic rings. The summed E-state index contributed by atoms with van der Waals surface area (Å²) in [5.41, 5.74) is 0. The van der Waals surface area contributed by atoms with Crippen molar-refractivity contribution < 1.29 is 69.0 Å². The Morgan fingerprint density at radius 3 is 1.62 bits per heavy atom. The highest BCUT2D eigenvalue weighted by Crippen LogP contribution is 2.26. The minimum absolute atomic E-state index is 0.0136. The zero-order valence-electron chi connectivity index (χ0n) is 38.0. The van der Waals surface area contributed by atoms with Crippen LogP contribution in [-0.2, 0) is 33.2 Å². The van der Waals surface area contributed by atoms with Crippen LogP contribution in [-0.4, -0.2) is 142 Å². The number of carbonyl (C=O) groups is 1. The van der Waals surface area contributed by atoms with E-state index < -0.39 is 86.7 Å². The van der Waals surface area contributed by atoms with Gasteiger partial charge in [0, 0.05) is 13.0 Å². The number of aliphatic hydroxyl groups is 7. The molecular weight excluding hydrogens is 813 g/mol. The van der Waals surface area contributed by atoms with E-state index in [0.29, 0.717) is 13.0 Å². The van der Waals surface area contributed by atoms with Gasteiger partial charge in [-0.25, -0.2) is 0 Å². The molecule has 0 aliphatic carbocycles. The number of rotatable bonds is 35. The third-order valence-corrected chi connectivity index (χ3v) is 10.7. The lowest BCUT2D eigenvalue weighted by Gasteiger charge is -2.42. The van der Waals surface area contributed by atoms with Crippen molar-refractivity contribution in [2.45, 2.75) is 197 Å². The highest BCUT2D eigenvalue weighted by Gasteiger charge is 2.47. The minimum atomic E-state index is -1.72. The standard InChI is InChI=1S/C49H82O14/c1-3-5-7-9-11-13-15-17-19-20-22-24-26-28-30-32-41(51)61-38(35-58-33-31-29-27-25-23-21-18-16-14-12-10-8-6-4-2)36-59-48-47(57)45(55)43(53)40(63-48)37-60-49-46(56)44(54)42(52)39(34-50)62-49/h6,8,11-14,17-19,21,25,27,38-40,42-50,52-57H,3-5,7,9-10,15-16,20,22-24,26,28-37H2,1-2H3/b8-6-,13-11-,14-12-,19-17-,21-18-,27-25-. The number of hydrogen-bond acceptors (Lipinski definition) is 14. The monoisotopic (exact) mass is 895 g/mol. The summed E-state index contributed by atoms with van der Waals surface area (Å²) in [4.78, 5) is 13.0. The van der Waals surface area contributed by atoms with Gasteiger partial charge in [-0.2, -0.15) is 0 Å². The maximum Gasteiger partial charge on any atom is 0.306 e. The van der Waals surface area contributed by atoms with Crippen molar-refractivity contribution in [3.05, 3.63) is 72.9 Å². The van der Waals surface area contributed by atoms with Gasteiger partial charge in [0.2, 0.25) is 0 Å². The lowest BCUT2D eigenvalue weighted by Crippen LogP contribution is -2.61. The van der Waals surface area contributed by atoms with Crippen LogP contribution in [0, 0.1) is 0 Å². The third kappa shape index (κ3) is 25.1. The molecule has 2 heterocycles. The lowest BCUT2D eigenvalue weighted by molar-refractivity contribution is -0.332. The Morgan fingerprint density at radius 2 is 1.03 bits per heavy atom. The van der Waals surface area contributed by atoms with Crippen LogP contribution in [0.2, 0.25) is 0 Å². The second kappa shape index (κ2) is 36.6. The van der Waals surface area contributed by atoms with Crippen molar-refractivity contribution in [2.75, 3.05) is 33.0 Å². The normalized spacial score (nSPS) is 27.6. The largest absolute Gasteiger partial charge is 0.457 e. The third-order valence-electron chi connectivity index (χ3n) is 10.7. The fourth-order valence-electron chi connectivity index (χ4n) is 6.85. The van der Waals surface area contributed by atoms with Crippen LogP contribution in [0.4, 0.5) is 0 Å². The van der Waals surface area contributed by atoms with Crippen molar-refractivity contribution in [3.8, 4) is 0 Å². The highest BCUT2D eigenvalue weighted by atomic mass is 16.7. The first-order chi connectivity index (χ1) is 30.6. The summed E-state index contributed by atoms with van der Waals surface area (Å²) >= 11 is 0. The molecule has 0 spiro atoms.